The first-order valence-electron chi connectivity index (χ1n) is 14.0. The fourth-order valence-corrected chi connectivity index (χ4v) is 5.95. The van der Waals surface area contributed by atoms with Gasteiger partial charge in [0, 0.05) is 36.2 Å². The molecule has 3 atom stereocenters. The normalized spacial score (nSPS) is 18.6. The molecule has 0 saturated carbocycles. The van der Waals surface area contributed by atoms with E-state index in [2.05, 4.69) is 126 Å². The predicted octanol–water partition coefficient (Wildman–Crippen LogP) is 7.70. The molecule has 37 heavy (non-hydrogen) atoms. The van der Waals surface area contributed by atoms with Crippen molar-refractivity contribution in [2.75, 3.05) is 13.1 Å². The van der Waals surface area contributed by atoms with Crippen LogP contribution in [0.25, 0.3) is 10.9 Å². The van der Waals surface area contributed by atoms with E-state index in [0.717, 1.165) is 26.1 Å². The highest BCUT2D eigenvalue weighted by Crippen LogP contribution is 2.34. The van der Waals surface area contributed by atoms with Crippen LogP contribution in [0.5, 0.6) is 0 Å². The van der Waals surface area contributed by atoms with Gasteiger partial charge in [-0.15, -0.1) is 6.58 Å². The molecule has 4 aromatic rings. The van der Waals surface area contributed by atoms with Crippen molar-refractivity contribution in [2.45, 2.75) is 46.7 Å². The fourth-order valence-electron chi connectivity index (χ4n) is 5.95. The molecule has 0 aliphatic carbocycles. The zero-order valence-corrected chi connectivity index (χ0v) is 22.9. The standard InChI is InChI=1S/C33H37N2.C2H6/c1-3-29-25-34(23-27-12-6-4-7-13-27)20-19-31(29)26(2)22-30-18-21-35(24-28-14-8-5-9-15-28)33-17-11-10-16-32(30)33;1-2/h3-18,21,26,29,31H,1,19-20,22-25H2,2H3;1-2H3/q+1;. The van der Waals surface area contributed by atoms with Crippen molar-refractivity contribution >= 4 is 10.9 Å². The third-order valence-corrected chi connectivity index (χ3v) is 7.83. The van der Waals surface area contributed by atoms with Gasteiger partial charge in [-0.1, -0.05) is 99.6 Å². The lowest BCUT2D eigenvalue weighted by molar-refractivity contribution is -0.662. The summed E-state index contributed by atoms with van der Waals surface area (Å²) in [5.74, 6) is 1.83. The molecule has 0 radical (unpaired) electrons. The molecule has 1 aliphatic heterocycles. The first-order chi connectivity index (χ1) is 18.2. The fraction of sp³-hybridized carbons (Fsp3) is 0.343. The number of likely N-dealkylation sites (tertiary alicyclic amines) is 1. The Kier molecular flexibility index (Phi) is 9.68. The molecule has 3 aromatic carbocycles. The maximum atomic E-state index is 4.24. The van der Waals surface area contributed by atoms with Gasteiger partial charge in [-0.2, -0.15) is 4.57 Å². The number of hydrogen-bond donors (Lipinski definition) is 0. The largest absolute Gasteiger partial charge is 0.298 e. The van der Waals surface area contributed by atoms with E-state index < -0.39 is 0 Å². The number of nitrogens with zero attached hydrogens (tertiary/aromatic N) is 2. The van der Waals surface area contributed by atoms with Crippen molar-refractivity contribution < 1.29 is 4.57 Å². The quantitative estimate of drug-likeness (QED) is 0.181. The molecule has 2 nitrogen and oxygen atoms in total. The third-order valence-electron chi connectivity index (χ3n) is 7.83. The van der Waals surface area contributed by atoms with Crippen LogP contribution < -0.4 is 4.57 Å². The summed E-state index contributed by atoms with van der Waals surface area (Å²) in [6, 6.07) is 32.9. The lowest BCUT2D eigenvalue weighted by Gasteiger charge is -2.40. The van der Waals surface area contributed by atoms with Gasteiger partial charge in [0.1, 0.15) is 0 Å². The topological polar surface area (TPSA) is 7.12 Å². The monoisotopic (exact) mass is 491 g/mol. The Morgan fingerprint density at radius 3 is 2.24 bits per heavy atom. The van der Waals surface area contributed by atoms with Crippen LogP contribution in [0.3, 0.4) is 0 Å². The van der Waals surface area contributed by atoms with Crippen LogP contribution in [0.4, 0.5) is 0 Å². The summed E-state index contributed by atoms with van der Waals surface area (Å²) in [5.41, 5.74) is 5.52. The Labute approximate surface area is 224 Å². The van der Waals surface area contributed by atoms with Crippen molar-refractivity contribution in [3.8, 4) is 0 Å². The lowest BCUT2D eigenvalue weighted by Crippen LogP contribution is -2.41. The van der Waals surface area contributed by atoms with Crippen LogP contribution in [0.2, 0.25) is 0 Å². The summed E-state index contributed by atoms with van der Waals surface area (Å²) in [6.07, 6.45) is 6.85. The zero-order valence-electron chi connectivity index (χ0n) is 22.9. The summed E-state index contributed by atoms with van der Waals surface area (Å²) in [5, 5.41) is 1.38. The first kappa shape index (κ1) is 26.8. The molecule has 1 fully saturated rings. The predicted molar refractivity (Wildman–Crippen MR) is 157 cm³/mol. The maximum absolute atomic E-state index is 4.24. The number of piperidine rings is 1. The molecule has 2 heteroatoms. The van der Waals surface area contributed by atoms with Gasteiger partial charge >= 0.3 is 0 Å². The minimum atomic E-state index is 0.542. The van der Waals surface area contributed by atoms with Gasteiger partial charge in [-0.05, 0) is 54.3 Å². The van der Waals surface area contributed by atoms with Crippen LogP contribution in [0, 0.1) is 17.8 Å². The van der Waals surface area contributed by atoms with Gasteiger partial charge < -0.3 is 0 Å². The van der Waals surface area contributed by atoms with Crippen LogP contribution in [-0.4, -0.2) is 18.0 Å². The molecule has 0 bridgehead atoms. The Hall–Kier alpha value is -3.23. The molecule has 0 N–H and O–H groups in total. The van der Waals surface area contributed by atoms with Gasteiger partial charge in [0.2, 0.25) is 5.52 Å². The van der Waals surface area contributed by atoms with E-state index in [1.807, 2.05) is 13.8 Å². The number of rotatable bonds is 8. The van der Waals surface area contributed by atoms with Gasteiger partial charge in [0.25, 0.3) is 0 Å². The number of aromatic nitrogens is 1. The van der Waals surface area contributed by atoms with E-state index in [-0.39, 0.29) is 0 Å². The van der Waals surface area contributed by atoms with Gasteiger partial charge in [0.15, 0.2) is 12.7 Å². The SMILES string of the molecule is C=CC1CN(Cc2ccccc2)CCC1C(C)Cc1cc[n+](Cc2ccccc2)c2ccccc12.CC. The number of para-hydroxylation sites is 1. The van der Waals surface area contributed by atoms with Crippen molar-refractivity contribution in [1.29, 1.82) is 0 Å². The highest BCUT2D eigenvalue weighted by molar-refractivity contribution is 5.79. The van der Waals surface area contributed by atoms with Crippen LogP contribution in [0.15, 0.2) is 110 Å². The second kappa shape index (κ2) is 13.4. The Balaban J connectivity index is 0.00000156. The average molecular weight is 492 g/mol. The smallest absolute Gasteiger partial charge is 0.213 e. The Bertz CT molecular complexity index is 1250. The van der Waals surface area contributed by atoms with E-state index >= 15 is 0 Å². The summed E-state index contributed by atoms with van der Waals surface area (Å²) in [4.78, 5) is 2.61. The molecule has 1 aliphatic rings. The number of benzene rings is 3. The van der Waals surface area contributed by atoms with E-state index in [4.69, 9.17) is 0 Å². The van der Waals surface area contributed by atoms with E-state index in [1.54, 1.807) is 0 Å². The van der Waals surface area contributed by atoms with Gasteiger partial charge in [-0.25, -0.2) is 0 Å². The molecule has 1 aromatic heterocycles. The molecule has 3 unspecified atom stereocenters. The Morgan fingerprint density at radius 1 is 0.892 bits per heavy atom. The van der Waals surface area contributed by atoms with Crippen LogP contribution in [-0.2, 0) is 19.5 Å². The summed E-state index contributed by atoms with van der Waals surface area (Å²) < 4.78 is 2.38. The minimum absolute atomic E-state index is 0.542. The molecular weight excluding hydrogens is 448 g/mol. The molecule has 0 spiro atoms. The number of hydrogen-bond acceptors (Lipinski definition) is 1. The van der Waals surface area contributed by atoms with Crippen molar-refractivity contribution in [2.24, 2.45) is 17.8 Å². The van der Waals surface area contributed by atoms with E-state index in [9.17, 15) is 0 Å². The number of pyridine rings is 1. The van der Waals surface area contributed by atoms with Crippen molar-refractivity contribution in [3.63, 3.8) is 0 Å². The second-order valence-corrected chi connectivity index (χ2v) is 10.2. The molecule has 1 saturated heterocycles. The van der Waals surface area contributed by atoms with E-state index in [1.165, 1.54) is 40.6 Å². The second-order valence-electron chi connectivity index (χ2n) is 10.2. The summed E-state index contributed by atoms with van der Waals surface area (Å²) in [7, 11) is 0. The highest BCUT2D eigenvalue weighted by atomic mass is 15.1. The molecule has 2 heterocycles. The molecule has 192 valence electrons. The Morgan fingerprint density at radius 2 is 1.54 bits per heavy atom. The zero-order chi connectivity index (χ0) is 26.0. The van der Waals surface area contributed by atoms with Gasteiger partial charge in [0.05, 0.1) is 0 Å². The maximum Gasteiger partial charge on any atom is 0.213 e. The number of fused-ring (bicyclic) bond motifs is 1. The molecule has 5 rings (SSSR count). The van der Waals surface area contributed by atoms with Crippen LogP contribution in [0.1, 0.15) is 43.9 Å². The van der Waals surface area contributed by atoms with E-state index in [0.29, 0.717) is 17.8 Å². The van der Waals surface area contributed by atoms with Crippen molar-refractivity contribution in [3.05, 3.63) is 127 Å². The van der Waals surface area contributed by atoms with Crippen LogP contribution >= 0.6 is 0 Å². The van der Waals surface area contributed by atoms with Crippen molar-refractivity contribution in [1.82, 2.24) is 4.90 Å². The summed E-state index contributed by atoms with van der Waals surface area (Å²) >= 11 is 0. The highest BCUT2D eigenvalue weighted by Gasteiger charge is 2.31. The molecular formula is C35H43N2+. The average Bonchev–Trinajstić information content (AvgIpc) is 2.96. The minimum Gasteiger partial charge on any atom is -0.298 e. The summed E-state index contributed by atoms with van der Waals surface area (Å²) in [6.45, 7) is 14.9. The lowest BCUT2D eigenvalue weighted by atomic mass is 9.75. The van der Waals surface area contributed by atoms with Gasteiger partial charge in [-0.3, -0.25) is 4.90 Å². The molecule has 0 amide bonds. The first-order valence-corrected chi connectivity index (χ1v) is 14.0. The third kappa shape index (κ3) is 6.76.